The van der Waals surface area contributed by atoms with Crippen molar-refractivity contribution >= 4 is 17.8 Å². The third-order valence-corrected chi connectivity index (χ3v) is 5.40. The van der Waals surface area contributed by atoms with E-state index in [9.17, 15) is 14.4 Å². The van der Waals surface area contributed by atoms with Crippen molar-refractivity contribution in [1.29, 1.82) is 0 Å². The average molecular weight is 343 g/mol. The third-order valence-electron chi connectivity index (χ3n) is 5.40. The Balaban J connectivity index is 1.79. The van der Waals surface area contributed by atoms with Crippen LogP contribution in [0.1, 0.15) is 51.5 Å². The third kappa shape index (κ3) is 3.25. The molecule has 4 amide bonds. The van der Waals surface area contributed by atoms with Crippen molar-refractivity contribution in [1.82, 2.24) is 15.5 Å². The molecule has 2 aliphatic rings. The maximum Gasteiger partial charge on any atom is 0.322 e. The Hall–Kier alpha value is -2.37. The number of carbonyl (C=O) groups excluding carboxylic acids is 3. The molecular formula is C19H25N3O3. The number of hydrogen-bond donors (Lipinski definition) is 2. The van der Waals surface area contributed by atoms with Crippen molar-refractivity contribution in [3.05, 3.63) is 35.9 Å². The molecule has 0 saturated carbocycles. The summed E-state index contributed by atoms with van der Waals surface area (Å²) in [6.45, 7) is 4.15. The lowest BCUT2D eigenvalue weighted by Gasteiger charge is -2.39. The summed E-state index contributed by atoms with van der Waals surface area (Å²) in [5, 5.41) is 5.06. The molecule has 1 aromatic carbocycles. The van der Waals surface area contributed by atoms with E-state index in [0.717, 1.165) is 19.3 Å². The number of nitrogens with zero attached hydrogens (tertiary/aromatic N) is 1. The second-order valence-corrected chi connectivity index (χ2v) is 7.11. The molecule has 25 heavy (non-hydrogen) atoms. The molecular weight excluding hydrogens is 318 g/mol. The molecule has 6 heteroatoms. The van der Waals surface area contributed by atoms with Crippen LogP contribution in [0.2, 0.25) is 0 Å². The number of carbonyl (C=O) groups is 3. The summed E-state index contributed by atoms with van der Waals surface area (Å²) in [6.07, 6.45) is 3.63. The van der Waals surface area contributed by atoms with E-state index >= 15 is 0 Å². The molecule has 2 N–H and O–H groups in total. The smallest absolute Gasteiger partial charge is 0.322 e. The van der Waals surface area contributed by atoms with Gasteiger partial charge in [0.25, 0.3) is 5.91 Å². The molecule has 1 aromatic rings. The van der Waals surface area contributed by atoms with Gasteiger partial charge in [0.05, 0.1) is 0 Å². The zero-order valence-electron chi connectivity index (χ0n) is 14.7. The Morgan fingerprint density at radius 3 is 2.36 bits per heavy atom. The molecule has 2 aliphatic heterocycles. The second kappa shape index (κ2) is 6.86. The van der Waals surface area contributed by atoms with Crippen LogP contribution >= 0.6 is 0 Å². The molecule has 2 fully saturated rings. The van der Waals surface area contributed by atoms with Crippen LogP contribution in [-0.2, 0) is 15.1 Å². The first kappa shape index (κ1) is 17.5. The van der Waals surface area contributed by atoms with Crippen LogP contribution in [0.4, 0.5) is 4.79 Å². The highest BCUT2D eigenvalue weighted by Gasteiger charge is 2.47. The highest BCUT2D eigenvalue weighted by molar-refractivity contribution is 6.07. The van der Waals surface area contributed by atoms with Crippen LogP contribution in [0.15, 0.2) is 30.3 Å². The standard InChI is InChI=1S/C19H25N3O3/c1-13-7-6-8-14(2)22(13)16(23)11-12-19(15-9-4-3-5-10-15)17(24)20-18(25)21-19/h3-5,9-10,13-14H,6-8,11-12H2,1-2H3,(H2,20,21,24,25). The molecule has 3 rings (SSSR count). The molecule has 0 bridgehead atoms. The number of rotatable bonds is 4. The van der Waals surface area contributed by atoms with Gasteiger partial charge in [-0.25, -0.2) is 4.79 Å². The SMILES string of the molecule is CC1CCCC(C)N1C(=O)CCC1(c2ccccc2)NC(=O)NC1=O. The van der Waals surface area contributed by atoms with Crippen LogP contribution in [0.5, 0.6) is 0 Å². The molecule has 2 saturated heterocycles. The van der Waals surface area contributed by atoms with Crippen LogP contribution < -0.4 is 10.6 Å². The predicted molar refractivity (Wildman–Crippen MR) is 93.6 cm³/mol. The van der Waals surface area contributed by atoms with Crippen molar-refractivity contribution in [2.24, 2.45) is 0 Å². The first-order valence-electron chi connectivity index (χ1n) is 8.94. The van der Waals surface area contributed by atoms with E-state index in [1.165, 1.54) is 0 Å². The van der Waals surface area contributed by atoms with Crippen LogP contribution in [0, 0.1) is 0 Å². The maximum atomic E-state index is 12.8. The average Bonchev–Trinajstić information content (AvgIpc) is 2.88. The van der Waals surface area contributed by atoms with Crippen molar-refractivity contribution in [3.63, 3.8) is 0 Å². The molecule has 3 unspecified atom stereocenters. The lowest BCUT2D eigenvalue weighted by atomic mass is 9.85. The number of urea groups is 1. The van der Waals surface area contributed by atoms with Gasteiger partial charge in [0.15, 0.2) is 0 Å². The Labute approximate surface area is 148 Å². The first-order valence-corrected chi connectivity index (χ1v) is 8.94. The minimum atomic E-state index is -1.17. The van der Waals surface area contributed by atoms with E-state index in [-0.39, 0.29) is 30.8 Å². The van der Waals surface area contributed by atoms with E-state index < -0.39 is 17.5 Å². The summed E-state index contributed by atoms with van der Waals surface area (Å²) in [5.41, 5.74) is -0.470. The fourth-order valence-electron chi connectivity index (χ4n) is 4.07. The molecule has 0 spiro atoms. The number of imide groups is 1. The van der Waals surface area contributed by atoms with E-state index in [0.29, 0.717) is 5.56 Å². The van der Waals surface area contributed by atoms with E-state index in [2.05, 4.69) is 24.5 Å². The number of amides is 4. The van der Waals surface area contributed by atoms with Gasteiger partial charge in [0.1, 0.15) is 5.54 Å². The van der Waals surface area contributed by atoms with Gasteiger partial charge in [-0.3, -0.25) is 14.9 Å². The van der Waals surface area contributed by atoms with Gasteiger partial charge >= 0.3 is 6.03 Å². The predicted octanol–water partition coefficient (Wildman–Crippen LogP) is 2.29. The van der Waals surface area contributed by atoms with Crippen molar-refractivity contribution in [2.45, 2.75) is 63.6 Å². The minimum Gasteiger partial charge on any atom is -0.337 e. The fourth-order valence-corrected chi connectivity index (χ4v) is 4.07. The number of benzene rings is 1. The molecule has 3 atom stereocenters. The van der Waals surface area contributed by atoms with Gasteiger partial charge in [-0.05, 0) is 45.1 Å². The quantitative estimate of drug-likeness (QED) is 0.823. The summed E-state index contributed by atoms with van der Waals surface area (Å²) >= 11 is 0. The van der Waals surface area contributed by atoms with E-state index in [4.69, 9.17) is 0 Å². The van der Waals surface area contributed by atoms with Crippen LogP contribution in [-0.4, -0.2) is 34.8 Å². The van der Waals surface area contributed by atoms with Gasteiger partial charge in [-0.15, -0.1) is 0 Å². The van der Waals surface area contributed by atoms with Gasteiger partial charge < -0.3 is 10.2 Å². The van der Waals surface area contributed by atoms with Crippen LogP contribution in [0.3, 0.4) is 0 Å². The Bertz CT molecular complexity index is 666. The number of likely N-dealkylation sites (tertiary alicyclic amines) is 1. The molecule has 0 radical (unpaired) electrons. The largest absolute Gasteiger partial charge is 0.337 e. The lowest BCUT2D eigenvalue weighted by molar-refractivity contribution is -0.138. The van der Waals surface area contributed by atoms with E-state index in [1.54, 1.807) is 0 Å². The molecule has 0 aromatic heterocycles. The van der Waals surface area contributed by atoms with Crippen LogP contribution in [0.25, 0.3) is 0 Å². The number of hydrogen-bond acceptors (Lipinski definition) is 3. The van der Waals surface area contributed by atoms with Gasteiger partial charge in [0.2, 0.25) is 5.91 Å². The number of nitrogens with one attached hydrogen (secondary N) is 2. The maximum absolute atomic E-state index is 12.8. The summed E-state index contributed by atoms with van der Waals surface area (Å²) in [4.78, 5) is 39.0. The van der Waals surface area contributed by atoms with Gasteiger partial charge in [-0.1, -0.05) is 30.3 Å². The Kier molecular flexibility index (Phi) is 4.79. The van der Waals surface area contributed by atoms with Crippen molar-refractivity contribution in [2.75, 3.05) is 0 Å². The molecule has 2 heterocycles. The highest BCUT2D eigenvalue weighted by Crippen LogP contribution is 2.31. The summed E-state index contributed by atoms with van der Waals surface area (Å²) in [6, 6.07) is 9.04. The second-order valence-electron chi connectivity index (χ2n) is 7.11. The Morgan fingerprint density at radius 1 is 1.16 bits per heavy atom. The summed E-state index contributed by atoms with van der Waals surface area (Å²) in [7, 11) is 0. The lowest BCUT2D eigenvalue weighted by Crippen LogP contribution is -2.49. The fraction of sp³-hybridized carbons (Fsp3) is 0.526. The summed E-state index contributed by atoms with van der Waals surface area (Å²) < 4.78 is 0. The van der Waals surface area contributed by atoms with E-state index in [1.807, 2.05) is 35.2 Å². The first-order chi connectivity index (χ1) is 11.9. The Morgan fingerprint density at radius 2 is 1.80 bits per heavy atom. The van der Waals surface area contributed by atoms with Gasteiger partial charge in [-0.2, -0.15) is 0 Å². The zero-order valence-corrected chi connectivity index (χ0v) is 14.7. The molecule has 0 aliphatic carbocycles. The van der Waals surface area contributed by atoms with Crippen molar-refractivity contribution < 1.29 is 14.4 Å². The number of piperidine rings is 1. The molecule has 134 valence electrons. The normalized spacial score (nSPS) is 29.3. The highest BCUT2D eigenvalue weighted by atomic mass is 16.2. The molecule has 6 nitrogen and oxygen atoms in total. The summed E-state index contributed by atoms with van der Waals surface area (Å²) in [5.74, 6) is -0.347. The zero-order chi connectivity index (χ0) is 18.0. The van der Waals surface area contributed by atoms with Gasteiger partial charge in [0, 0.05) is 18.5 Å². The van der Waals surface area contributed by atoms with Crippen molar-refractivity contribution in [3.8, 4) is 0 Å². The minimum absolute atomic E-state index is 0.0453. The monoisotopic (exact) mass is 343 g/mol. The topological polar surface area (TPSA) is 78.5 Å².